The maximum Gasteiger partial charge on any atom is 0.238 e. The van der Waals surface area contributed by atoms with E-state index in [1.165, 1.54) is 12.1 Å². The van der Waals surface area contributed by atoms with Gasteiger partial charge in [0.15, 0.2) is 0 Å². The van der Waals surface area contributed by atoms with E-state index in [4.69, 9.17) is 9.88 Å². The van der Waals surface area contributed by atoms with Gasteiger partial charge >= 0.3 is 0 Å². The average Bonchev–Trinajstić information content (AvgIpc) is 2.51. The van der Waals surface area contributed by atoms with Crippen LogP contribution in [0.3, 0.4) is 0 Å². The van der Waals surface area contributed by atoms with E-state index < -0.39 is 10.0 Å². The number of hydrogen-bond donors (Lipinski definition) is 2. The zero-order chi connectivity index (χ0) is 16.9. The second-order valence-electron chi connectivity index (χ2n) is 5.07. The van der Waals surface area contributed by atoms with Crippen molar-refractivity contribution >= 4 is 26.0 Å². The van der Waals surface area contributed by atoms with Crippen molar-refractivity contribution < 1.29 is 13.2 Å². The fraction of sp³-hybridized carbons (Fsp3) is 0.250. The highest BCUT2D eigenvalue weighted by Crippen LogP contribution is 2.22. The summed E-state index contributed by atoms with van der Waals surface area (Å²) in [5, 5.41) is 8.43. The number of rotatable bonds is 7. The molecule has 0 saturated carbocycles. The average molecular weight is 399 g/mol. The van der Waals surface area contributed by atoms with Gasteiger partial charge in [0.25, 0.3) is 0 Å². The molecule has 0 heterocycles. The van der Waals surface area contributed by atoms with Crippen molar-refractivity contribution in [1.82, 2.24) is 5.32 Å². The van der Waals surface area contributed by atoms with Crippen LogP contribution in [0.4, 0.5) is 0 Å². The van der Waals surface area contributed by atoms with Crippen LogP contribution in [0.25, 0.3) is 0 Å². The molecule has 3 N–H and O–H groups in total. The minimum Gasteiger partial charge on any atom is -0.496 e. The lowest BCUT2D eigenvalue weighted by atomic mass is 10.1. The van der Waals surface area contributed by atoms with Crippen LogP contribution in [-0.2, 0) is 23.0 Å². The molecule has 0 amide bonds. The fourth-order valence-corrected chi connectivity index (χ4v) is 3.11. The van der Waals surface area contributed by atoms with Crippen molar-refractivity contribution in [3.8, 4) is 5.75 Å². The first-order chi connectivity index (χ1) is 10.9. The number of primary sulfonamides is 1. The molecule has 0 aliphatic rings. The summed E-state index contributed by atoms with van der Waals surface area (Å²) < 4.78 is 28.7. The Hall–Kier alpha value is -1.41. The van der Waals surface area contributed by atoms with E-state index >= 15 is 0 Å². The molecular formula is C16H19BrN2O3S. The van der Waals surface area contributed by atoms with Crippen LogP contribution in [0.1, 0.15) is 11.1 Å². The first-order valence-electron chi connectivity index (χ1n) is 7.05. The zero-order valence-corrected chi connectivity index (χ0v) is 15.2. The Bertz CT molecular complexity index is 761. The Kier molecular flexibility index (Phi) is 6.17. The molecule has 0 atom stereocenters. The van der Waals surface area contributed by atoms with E-state index in [2.05, 4.69) is 21.2 Å². The zero-order valence-electron chi connectivity index (χ0n) is 12.8. The minimum atomic E-state index is -3.63. The largest absolute Gasteiger partial charge is 0.496 e. The summed E-state index contributed by atoms with van der Waals surface area (Å²) in [5.41, 5.74) is 2.12. The van der Waals surface area contributed by atoms with Crippen LogP contribution in [0.15, 0.2) is 51.8 Å². The molecular weight excluding hydrogens is 380 g/mol. The number of halogens is 1. The summed E-state index contributed by atoms with van der Waals surface area (Å²) in [4.78, 5) is 0.132. The smallest absolute Gasteiger partial charge is 0.238 e. The molecule has 7 heteroatoms. The first kappa shape index (κ1) is 17.9. The van der Waals surface area contributed by atoms with Gasteiger partial charge in [0, 0.05) is 16.6 Å². The highest BCUT2D eigenvalue weighted by atomic mass is 79.9. The molecule has 2 rings (SSSR count). The van der Waals surface area contributed by atoms with E-state index in [-0.39, 0.29) is 4.90 Å². The fourth-order valence-electron chi connectivity index (χ4n) is 2.19. The lowest BCUT2D eigenvalue weighted by Crippen LogP contribution is -2.17. The third-order valence-electron chi connectivity index (χ3n) is 3.40. The van der Waals surface area contributed by atoms with Crippen LogP contribution >= 0.6 is 15.9 Å². The standard InChI is InChI=1S/C16H19BrN2O3S/c1-22-16-7-4-14(17)10-13(16)11-19-9-8-12-2-5-15(6-3-12)23(18,20)21/h2-7,10,19H,8-9,11H2,1H3,(H2,18,20,21). The first-order valence-corrected chi connectivity index (χ1v) is 9.39. The molecule has 0 aromatic heterocycles. The van der Waals surface area contributed by atoms with Crippen LogP contribution in [0.5, 0.6) is 5.75 Å². The third kappa shape index (κ3) is 5.31. The number of nitrogens with two attached hydrogens (primary N) is 1. The third-order valence-corrected chi connectivity index (χ3v) is 4.82. The lowest BCUT2D eigenvalue weighted by molar-refractivity contribution is 0.407. The highest BCUT2D eigenvalue weighted by Gasteiger charge is 2.07. The van der Waals surface area contributed by atoms with Crippen LogP contribution in [-0.4, -0.2) is 22.1 Å². The maximum atomic E-state index is 11.2. The summed E-state index contributed by atoms with van der Waals surface area (Å²) >= 11 is 3.45. The number of ether oxygens (including phenoxy) is 1. The van der Waals surface area contributed by atoms with Crippen molar-refractivity contribution in [3.05, 3.63) is 58.1 Å². The normalized spacial score (nSPS) is 11.4. The van der Waals surface area contributed by atoms with E-state index in [1.54, 1.807) is 19.2 Å². The Morgan fingerprint density at radius 2 is 1.87 bits per heavy atom. The Morgan fingerprint density at radius 1 is 1.17 bits per heavy atom. The molecule has 5 nitrogen and oxygen atoms in total. The highest BCUT2D eigenvalue weighted by molar-refractivity contribution is 9.10. The van der Waals surface area contributed by atoms with Crippen LogP contribution in [0, 0.1) is 0 Å². The number of sulfonamides is 1. The molecule has 0 aliphatic heterocycles. The molecule has 0 spiro atoms. The predicted molar refractivity (Wildman–Crippen MR) is 93.9 cm³/mol. The quantitative estimate of drug-likeness (QED) is 0.701. The molecule has 0 fully saturated rings. The second-order valence-corrected chi connectivity index (χ2v) is 7.55. The van der Waals surface area contributed by atoms with Gasteiger partial charge in [-0.25, -0.2) is 13.6 Å². The van der Waals surface area contributed by atoms with Crippen LogP contribution < -0.4 is 15.2 Å². The van der Waals surface area contributed by atoms with Crippen molar-refractivity contribution in [2.75, 3.05) is 13.7 Å². The molecule has 2 aromatic carbocycles. The van der Waals surface area contributed by atoms with Crippen molar-refractivity contribution in [2.45, 2.75) is 17.9 Å². The van der Waals surface area contributed by atoms with Crippen molar-refractivity contribution in [2.24, 2.45) is 5.14 Å². The lowest BCUT2D eigenvalue weighted by Gasteiger charge is -2.10. The Labute approximate surface area is 145 Å². The summed E-state index contributed by atoms with van der Waals surface area (Å²) in [6.45, 7) is 1.46. The number of benzene rings is 2. The summed E-state index contributed by atoms with van der Waals surface area (Å²) in [6.07, 6.45) is 0.793. The summed E-state index contributed by atoms with van der Waals surface area (Å²) in [6, 6.07) is 12.5. The van der Waals surface area contributed by atoms with E-state index in [0.717, 1.165) is 34.3 Å². The van der Waals surface area contributed by atoms with Crippen molar-refractivity contribution in [3.63, 3.8) is 0 Å². The number of nitrogens with one attached hydrogen (secondary N) is 1. The van der Waals surface area contributed by atoms with Gasteiger partial charge < -0.3 is 10.1 Å². The molecule has 0 saturated heterocycles. The van der Waals surface area contributed by atoms with Gasteiger partial charge in [0.1, 0.15) is 5.75 Å². The maximum absolute atomic E-state index is 11.2. The van der Waals surface area contributed by atoms with Gasteiger partial charge in [-0.1, -0.05) is 28.1 Å². The van der Waals surface area contributed by atoms with Gasteiger partial charge in [-0.2, -0.15) is 0 Å². The van der Waals surface area contributed by atoms with E-state index in [0.29, 0.717) is 6.54 Å². The number of hydrogen-bond acceptors (Lipinski definition) is 4. The van der Waals surface area contributed by atoms with Gasteiger partial charge in [-0.05, 0) is 48.9 Å². The summed E-state index contributed by atoms with van der Waals surface area (Å²) in [5.74, 6) is 0.846. The number of methoxy groups -OCH3 is 1. The van der Waals surface area contributed by atoms with Gasteiger partial charge in [0.2, 0.25) is 10.0 Å². The molecule has 0 bridgehead atoms. The van der Waals surface area contributed by atoms with Gasteiger partial charge in [-0.3, -0.25) is 0 Å². The molecule has 23 heavy (non-hydrogen) atoms. The van der Waals surface area contributed by atoms with E-state index in [1.807, 2.05) is 18.2 Å². The van der Waals surface area contributed by atoms with Gasteiger partial charge in [0.05, 0.1) is 12.0 Å². The molecule has 0 unspecified atom stereocenters. The predicted octanol–water partition coefficient (Wildman–Crippen LogP) is 2.44. The summed E-state index contributed by atoms with van der Waals surface area (Å²) in [7, 11) is -1.97. The molecule has 0 aliphatic carbocycles. The SMILES string of the molecule is COc1ccc(Br)cc1CNCCc1ccc(S(N)(=O)=O)cc1. The topological polar surface area (TPSA) is 81.4 Å². The van der Waals surface area contributed by atoms with Crippen molar-refractivity contribution in [1.29, 1.82) is 0 Å². The van der Waals surface area contributed by atoms with E-state index in [9.17, 15) is 8.42 Å². The Balaban J connectivity index is 1.87. The molecule has 0 radical (unpaired) electrons. The monoisotopic (exact) mass is 398 g/mol. The minimum absolute atomic E-state index is 0.132. The second kappa shape index (κ2) is 7.92. The van der Waals surface area contributed by atoms with Gasteiger partial charge in [-0.15, -0.1) is 0 Å². The van der Waals surface area contributed by atoms with Crippen LogP contribution in [0.2, 0.25) is 0 Å². The molecule has 124 valence electrons. The molecule has 2 aromatic rings. The Morgan fingerprint density at radius 3 is 2.48 bits per heavy atom.